The van der Waals surface area contributed by atoms with Gasteiger partial charge in [0.25, 0.3) is 0 Å². The first-order valence-corrected chi connectivity index (χ1v) is 22.1. The Bertz CT molecular complexity index is 947. The molecule has 260 valence electrons. The molecule has 0 heterocycles. The van der Waals surface area contributed by atoms with Crippen LogP contribution in [-0.4, -0.2) is 69.6 Å². The molecule has 0 aromatic rings. The lowest BCUT2D eigenvalue weighted by molar-refractivity contribution is -0.144. The number of alkyl carbamates (subject to hydrolysis) is 1. The van der Waals surface area contributed by atoms with Gasteiger partial charge in [0.05, 0.1) is 18.2 Å². The average Bonchev–Trinajstić information content (AvgIpc) is 2.75. The van der Waals surface area contributed by atoms with Crippen LogP contribution in [0, 0.1) is 17.8 Å². The van der Waals surface area contributed by atoms with E-state index in [9.17, 15) is 19.5 Å². The van der Waals surface area contributed by atoms with Gasteiger partial charge in [0.15, 0.2) is 16.6 Å². The SMILES string of the molecule is CC(C)C[C@H](C[C@H](O[Si](C)(C)C(C)(C)C)[C@@H](NC(=O)OC(C)(C)C)[C@@H](C)O[Si](C)(C)C(C)(C)C)C(=O)N[C@H](C(=O)O)C(C)C. The maximum Gasteiger partial charge on any atom is 0.408 e. The lowest BCUT2D eigenvalue weighted by Crippen LogP contribution is -2.59. The van der Waals surface area contributed by atoms with E-state index in [0.717, 1.165) is 0 Å². The van der Waals surface area contributed by atoms with E-state index in [4.69, 9.17) is 13.6 Å². The first-order chi connectivity index (χ1) is 19.4. The molecule has 11 heteroatoms. The molecule has 0 bridgehead atoms. The lowest BCUT2D eigenvalue weighted by atomic mass is 9.87. The van der Waals surface area contributed by atoms with Crippen molar-refractivity contribution in [3.63, 3.8) is 0 Å². The molecule has 0 aliphatic heterocycles. The molecule has 0 radical (unpaired) electrons. The van der Waals surface area contributed by atoms with Crippen molar-refractivity contribution >= 4 is 34.6 Å². The second-order valence-electron chi connectivity index (χ2n) is 17.3. The summed E-state index contributed by atoms with van der Waals surface area (Å²) < 4.78 is 19.6. The normalized spacial score (nSPS) is 17.1. The summed E-state index contributed by atoms with van der Waals surface area (Å²) in [4.78, 5) is 39.1. The van der Waals surface area contributed by atoms with E-state index < -0.39 is 64.5 Å². The molecule has 44 heavy (non-hydrogen) atoms. The van der Waals surface area contributed by atoms with E-state index in [1.54, 1.807) is 13.8 Å². The Morgan fingerprint density at radius 3 is 1.55 bits per heavy atom. The van der Waals surface area contributed by atoms with Crippen molar-refractivity contribution in [1.82, 2.24) is 10.6 Å². The first kappa shape index (κ1) is 42.6. The van der Waals surface area contributed by atoms with E-state index in [2.05, 4.69) is 78.4 Å². The van der Waals surface area contributed by atoms with Crippen LogP contribution in [0.1, 0.15) is 110 Å². The van der Waals surface area contributed by atoms with Gasteiger partial charge in [0.2, 0.25) is 5.91 Å². The standard InChI is InChI=1S/C33H68N2O7Si2/c1-21(2)19-24(28(36)34-26(22(3)4)29(37)38)20-25(42-44(17,18)33(12,13)14)27(35-30(39)40-31(6,7)8)23(5)41-43(15,16)32(9,10)11/h21-27H,19-20H2,1-18H3,(H,34,36)(H,35,39)(H,37,38)/t23-,24-,25+,26+,27+/m1/s1. The second-order valence-corrected chi connectivity index (χ2v) is 26.8. The number of rotatable bonds is 15. The van der Waals surface area contributed by atoms with Crippen LogP contribution in [0.5, 0.6) is 0 Å². The number of hydrogen-bond donors (Lipinski definition) is 3. The fraction of sp³-hybridized carbons (Fsp3) is 0.909. The minimum atomic E-state index is -2.44. The summed E-state index contributed by atoms with van der Waals surface area (Å²) in [7, 11) is -4.73. The summed E-state index contributed by atoms with van der Waals surface area (Å²) in [5, 5.41) is 15.5. The van der Waals surface area contributed by atoms with Gasteiger partial charge in [-0.25, -0.2) is 9.59 Å². The predicted molar refractivity (Wildman–Crippen MR) is 185 cm³/mol. The van der Waals surface area contributed by atoms with Crippen molar-refractivity contribution in [3.05, 3.63) is 0 Å². The summed E-state index contributed by atoms with van der Waals surface area (Å²) >= 11 is 0. The minimum absolute atomic E-state index is 0.0731. The van der Waals surface area contributed by atoms with Crippen molar-refractivity contribution in [1.29, 1.82) is 0 Å². The smallest absolute Gasteiger partial charge is 0.408 e. The fourth-order valence-electron chi connectivity index (χ4n) is 4.44. The summed E-state index contributed by atoms with van der Waals surface area (Å²) in [6, 6.07) is -1.63. The first-order valence-electron chi connectivity index (χ1n) is 16.3. The van der Waals surface area contributed by atoms with Crippen LogP contribution in [-0.2, 0) is 23.2 Å². The minimum Gasteiger partial charge on any atom is -0.480 e. The highest BCUT2D eigenvalue weighted by Crippen LogP contribution is 2.41. The monoisotopic (exact) mass is 660 g/mol. The third-order valence-corrected chi connectivity index (χ3v) is 18.1. The molecule has 3 N–H and O–H groups in total. The molecule has 5 atom stereocenters. The predicted octanol–water partition coefficient (Wildman–Crippen LogP) is 7.96. The van der Waals surface area contributed by atoms with Crippen molar-refractivity contribution < 1.29 is 33.1 Å². The third kappa shape index (κ3) is 13.9. The van der Waals surface area contributed by atoms with E-state index in [1.165, 1.54) is 0 Å². The van der Waals surface area contributed by atoms with Crippen LogP contribution in [0.25, 0.3) is 0 Å². The van der Waals surface area contributed by atoms with Crippen LogP contribution >= 0.6 is 0 Å². The quantitative estimate of drug-likeness (QED) is 0.152. The van der Waals surface area contributed by atoms with Crippen molar-refractivity contribution in [2.24, 2.45) is 17.8 Å². The second kappa shape index (κ2) is 15.9. The van der Waals surface area contributed by atoms with Crippen LogP contribution < -0.4 is 10.6 Å². The highest BCUT2D eigenvalue weighted by atomic mass is 28.4. The Labute approximate surface area is 271 Å². The number of carboxylic acids is 1. The molecular weight excluding hydrogens is 593 g/mol. The Morgan fingerprint density at radius 2 is 1.18 bits per heavy atom. The molecule has 0 saturated carbocycles. The van der Waals surface area contributed by atoms with Crippen molar-refractivity contribution in [3.8, 4) is 0 Å². The van der Waals surface area contributed by atoms with Gasteiger partial charge >= 0.3 is 12.1 Å². The maximum atomic E-state index is 13.8. The van der Waals surface area contributed by atoms with E-state index >= 15 is 0 Å². The molecule has 2 amide bonds. The molecule has 0 saturated heterocycles. The molecule has 0 spiro atoms. The van der Waals surface area contributed by atoms with Gasteiger partial charge in [-0.3, -0.25) is 4.79 Å². The maximum absolute atomic E-state index is 13.8. The molecule has 0 aliphatic carbocycles. The zero-order chi connectivity index (χ0) is 35.2. The number of carboxylic acid groups (broad SMARTS) is 1. The van der Waals surface area contributed by atoms with Crippen molar-refractivity contribution in [2.75, 3.05) is 0 Å². The number of carbonyl (C=O) groups is 3. The molecule has 0 aromatic heterocycles. The highest BCUT2D eigenvalue weighted by molar-refractivity contribution is 6.74. The molecule has 0 rings (SSSR count). The largest absolute Gasteiger partial charge is 0.480 e. The van der Waals surface area contributed by atoms with Gasteiger partial charge in [-0.15, -0.1) is 0 Å². The van der Waals surface area contributed by atoms with Crippen LogP contribution in [0.4, 0.5) is 4.79 Å². The van der Waals surface area contributed by atoms with Gasteiger partial charge in [-0.1, -0.05) is 69.2 Å². The summed E-state index contributed by atoms with van der Waals surface area (Å²) in [6.45, 7) is 36.7. The number of carbonyl (C=O) groups excluding carboxylic acids is 2. The van der Waals surface area contributed by atoms with Gasteiger partial charge in [-0.2, -0.15) is 0 Å². The summed E-state index contributed by atoms with van der Waals surface area (Å²) in [5.74, 6) is -2.05. The average molecular weight is 661 g/mol. The topological polar surface area (TPSA) is 123 Å². The van der Waals surface area contributed by atoms with Crippen LogP contribution in [0.15, 0.2) is 0 Å². The Kier molecular flexibility index (Phi) is 15.4. The zero-order valence-electron chi connectivity index (χ0n) is 31.4. The van der Waals surface area contributed by atoms with Gasteiger partial charge in [0, 0.05) is 5.92 Å². The molecule has 0 fully saturated rings. The van der Waals surface area contributed by atoms with Gasteiger partial charge < -0.3 is 29.3 Å². The molecule has 0 unspecified atom stereocenters. The molecular formula is C33H68N2O7Si2. The Hall–Kier alpha value is -1.44. The van der Waals surface area contributed by atoms with Crippen molar-refractivity contribution in [2.45, 2.75) is 176 Å². The van der Waals surface area contributed by atoms with Gasteiger partial charge in [0.1, 0.15) is 11.6 Å². The number of aliphatic carboxylic acids is 1. The van der Waals surface area contributed by atoms with E-state index in [-0.39, 0.29) is 34.2 Å². The number of ether oxygens (including phenoxy) is 1. The van der Waals surface area contributed by atoms with Crippen LogP contribution in [0.3, 0.4) is 0 Å². The number of nitrogens with one attached hydrogen (secondary N) is 2. The Morgan fingerprint density at radius 1 is 0.727 bits per heavy atom. The molecule has 9 nitrogen and oxygen atoms in total. The molecule has 0 aromatic carbocycles. The molecule has 0 aliphatic rings. The summed E-state index contributed by atoms with van der Waals surface area (Å²) in [6.07, 6.45) is -0.812. The van der Waals surface area contributed by atoms with Gasteiger partial charge in [-0.05, 0) is 88.6 Å². The third-order valence-electron chi connectivity index (χ3n) is 9.00. The lowest BCUT2D eigenvalue weighted by Gasteiger charge is -2.46. The summed E-state index contributed by atoms with van der Waals surface area (Å²) in [5.41, 5.74) is -0.712. The number of hydrogen-bond acceptors (Lipinski definition) is 6. The number of amides is 2. The van der Waals surface area contributed by atoms with Crippen LogP contribution in [0.2, 0.25) is 36.3 Å². The van der Waals surface area contributed by atoms with E-state index in [0.29, 0.717) is 6.42 Å². The Balaban J connectivity index is 7.04. The fourth-order valence-corrected chi connectivity index (χ4v) is 7.22. The zero-order valence-corrected chi connectivity index (χ0v) is 33.4. The highest BCUT2D eigenvalue weighted by Gasteiger charge is 2.46. The van der Waals surface area contributed by atoms with E-state index in [1.807, 2.05) is 41.5 Å².